The van der Waals surface area contributed by atoms with Gasteiger partial charge in [-0.05, 0) is 57.1 Å². The maximum atomic E-state index is 13.9. The van der Waals surface area contributed by atoms with Gasteiger partial charge in [0, 0.05) is 24.4 Å². The second-order valence-electron chi connectivity index (χ2n) is 9.23. The molecule has 11 nitrogen and oxygen atoms in total. The molecule has 3 aromatic rings. The lowest BCUT2D eigenvalue weighted by Crippen LogP contribution is -2.33. The molecule has 37 heavy (non-hydrogen) atoms. The highest BCUT2D eigenvalue weighted by Gasteiger charge is 2.26. The van der Waals surface area contributed by atoms with E-state index < -0.39 is 29.6 Å². The summed E-state index contributed by atoms with van der Waals surface area (Å²) in [4.78, 5) is 29.5. The van der Waals surface area contributed by atoms with Crippen LogP contribution in [0.2, 0.25) is 0 Å². The van der Waals surface area contributed by atoms with E-state index in [1.54, 1.807) is 40.8 Å². The number of nitrogen functional groups attached to an aromatic ring is 1. The molecule has 0 fully saturated rings. The number of ether oxygens (including phenoxy) is 3. The van der Waals surface area contributed by atoms with E-state index in [0.717, 1.165) is 12.1 Å². The van der Waals surface area contributed by atoms with Gasteiger partial charge in [-0.1, -0.05) is 0 Å². The van der Waals surface area contributed by atoms with Crippen LogP contribution < -0.4 is 15.2 Å². The summed E-state index contributed by atoms with van der Waals surface area (Å²) in [6, 6.07) is 4.87. The number of carbonyl (C=O) groups excluding carboxylic acids is 1. The summed E-state index contributed by atoms with van der Waals surface area (Å²) >= 11 is 0. The van der Waals surface area contributed by atoms with Gasteiger partial charge in [-0.3, -0.25) is 0 Å². The molecule has 0 radical (unpaired) electrons. The molecule has 3 N–H and O–H groups in total. The third-order valence-electron chi connectivity index (χ3n) is 5.17. The Hall–Kier alpha value is -4.35. The van der Waals surface area contributed by atoms with Gasteiger partial charge in [0.1, 0.15) is 17.5 Å². The number of anilines is 1. The first kappa shape index (κ1) is 27.2. The SMILES string of the molecule is COc1noc(CN(C)C(=O)OC(C)(C)C)c1-c1cnc(N)c(OC(C)c2cc(F)ccc2C(=O)O)c1. The third kappa shape index (κ3) is 6.46. The Morgan fingerprint density at radius 2 is 1.97 bits per heavy atom. The van der Waals surface area contributed by atoms with E-state index in [0.29, 0.717) is 11.1 Å². The molecule has 0 aliphatic rings. The second kappa shape index (κ2) is 10.7. The van der Waals surface area contributed by atoms with Gasteiger partial charge < -0.3 is 34.5 Å². The molecule has 1 aromatic carbocycles. The number of benzene rings is 1. The molecule has 198 valence electrons. The van der Waals surface area contributed by atoms with E-state index >= 15 is 0 Å². The average Bonchev–Trinajstić information content (AvgIpc) is 3.21. The van der Waals surface area contributed by atoms with Crippen LogP contribution in [-0.4, -0.2) is 52.0 Å². The number of hydrogen-bond acceptors (Lipinski definition) is 9. The maximum absolute atomic E-state index is 13.9. The zero-order valence-electron chi connectivity index (χ0n) is 21.4. The predicted octanol–water partition coefficient (Wildman–Crippen LogP) is 4.67. The smallest absolute Gasteiger partial charge is 0.410 e. The minimum absolute atomic E-state index is 0.00282. The van der Waals surface area contributed by atoms with E-state index in [4.69, 9.17) is 24.5 Å². The summed E-state index contributed by atoms with van der Waals surface area (Å²) in [7, 11) is 2.95. The number of pyridine rings is 1. The lowest BCUT2D eigenvalue weighted by atomic mass is 10.0. The number of nitrogens with two attached hydrogens (primary N) is 1. The summed E-state index contributed by atoms with van der Waals surface area (Å²) in [5, 5.41) is 13.4. The number of hydrogen-bond donors (Lipinski definition) is 2. The lowest BCUT2D eigenvalue weighted by Gasteiger charge is -2.24. The van der Waals surface area contributed by atoms with Crippen LogP contribution in [0.15, 0.2) is 35.0 Å². The fraction of sp³-hybridized carbons (Fsp3) is 0.360. The van der Waals surface area contributed by atoms with Crippen molar-refractivity contribution in [3.8, 4) is 22.8 Å². The summed E-state index contributed by atoms with van der Waals surface area (Å²) < 4.78 is 35.9. The standard InChI is InChI=1S/C25H29FN4O7/c1-13(17-10-15(26)7-8-16(17)23(31)32)35-18-9-14(11-28-21(18)27)20-19(37-29-22(20)34-6)12-30(5)24(33)36-25(2,3)4/h7-11,13H,12H2,1-6H3,(H2,27,28)(H,31,32). The van der Waals surface area contributed by atoms with Gasteiger partial charge in [-0.25, -0.2) is 19.0 Å². The monoisotopic (exact) mass is 516 g/mol. The molecule has 0 saturated heterocycles. The lowest BCUT2D eigenvalue weighted by molar-refractivity contribution is 0.0271. The van der Waals surface area contributed by atoms with Crippen LogP contribution in [0.3, 0.4) is 0 Å². The number of methoxy groups -OCH3 is 1. The van der Waals surface area contributed by atoms with E-state index in [2.05, 4.69) is 10.1 Å². The van der Waals surface area contributed by atoms with Crippen LogP contribution in [-0.2, 0) is 11.3 Å². The van der Waals surface area contributed by atoms with Crippen molar-refractivity contribution in [1.82, 2.24) is 15.0 Å². The molecule has 12 heteroatoms. The van der Waals surface area contributed by atoms with Gasteiger partial charge in [0.15, 0.2) is 17.3 Å². The molecule has 1 amide bonds. The van der Waals surface area contributed by atoms with Crippen LogP contribution in [0.5, 0.6) is 11.6 Å². The molecule has 0 aliphatic heterocycles. The van der Waals surface area contributed by atoms with Crippen molar-refractivity contribution in [3.05, 3.63) is 53.2 Å². The topological polar surface area (TPSA) is 150 Å². The molecular formula is C25H29FN4O7. The Kier molecular flexibility index (Phi) is 7.90. The molecule has 1 atom stereocenters. The number of carbonyl (C=O) groups is 2. The van der Waals surface area contributed by atoms with Crippen LogP contribution in [0.25, 0.3) is 11.1 Å². The highest BCUT2D eigenvalue weighted by Crippen LogP contribution is 2.37. The van der Waals surface area contributed by atoms with Gasteiger partial charge >= 0.3 is 12.1 Å². The van der Waals surface area contributed by atoms with Crippen molar-refractivity contribution in [2.24, 2.45) is 0 Å². The van der Waals surface area contributed by atoms with Gasteiger partial charge in [-0.2, -0.15) is 0 Å². The molecule has 0 aliphatic carbocycles. The molecular weight excluding hydrogens is 487 g/mol. The molecule has 2 aromatic heterocycles. The van der Waals surface area contributed by atoms with E-state index in [1.807, 2.05) is 0 Å². The van der Waals surface area contributed by atoms with Crippen molar-refractivity contribution < 1.29 is 37.8 Å². The zero-order valence-corrected chi connectivity index (χ0v) is 21.4. The highest BCUT2D eigenvalue weighted by molar-refractivity contribution is 5.89. The first-order chi connectivity index (χ1) is 17.3. The molecule has 0 bridgehead atoms. The van der Waals surface area contributed by atoms with Crippen LogP contribution in [0.4, 0.5) is 15.0 Å². The molecule has 2 heterocycles. The number of halogens is 1. The Morgan fingerprint density at radius 3 is 2.59 bits per heavy atom. The number of aromatic nitrogens is 2. The largest absolute Gasteiger partial charge is 0.482 e. The number of carboxylic acid groups (broad SMARTS) is 1. The Bertz CT molecular complexity index is 1300. The van der Waals surface area contributed by atoms with Crippen LogP contribution in [0, 0.1) is 5.82 Å². The first-order valence-electron chi connectivity index (χ1n) is 11.2. The van der Waals surface area contributed by atoms with E-state index in [1.165, 1.54) is 24.3 Å². The zero-order chi connectivity index (χ0) is 27.5. The van der Waals surface area contributed by atoms with Crippen LogP contribution in [0.1, 0.15) is 55.5 Å². The number of amides is 1. The van der Waals surface area contributed by atoms with Crippen LogP contribution >= 0.6 is 0 Å². The number of rotatable bonds is 8. The fourth-order valence-electron chi connectivity index (χ4n) is 3.46. The first-order valence-corrected chi connectivity index (χ1v) is 11.2. The quantitative estimate of drug-likeness (QED) is 0.432. The second-order valence-corrected chi connectivity index (χ2v) is 9.23. The van der Waals surface area contributed by atoms with Crippen molar-refractivity contribution >= 4 is 17.9 Å². The Labute approximate surface area is 212 Å². The predicted molar refractivity (Wildman–Crippen MR) is 131 cm³/mol. The molecule has 3 rings (SSSR count). The number of carboxylic acids is 1. The van der Waals surface area contributed by atoms with E-state index in [9.17, 15) is 19.1 Å². The maximum Gasteiger partial charge on any atom is 0.410 e. The fourth-order valence-corrected chi connectivity index (χ4v) is 3.46. The number of aromatic carboxylic acids is 1. The van der Waals surface area contributed by atoms with Gasteiger partial charge in [-0.15, -0.1) is 0 Å². The molecule has 1 unspecified atom stereocenters. The number of nitrogens with zero attached hydrogens (tertiary/aromatic N) is 3. The molecule has 0 saturated carbocycles. The summed E-state index contributed by atoms with van der Waals surface area (Å²) in [5.41, 5.74) is 6.20. The Balaban J connectivity index is 1.94. The van der Waals surface area contributed by atoms with Crippen molar-refractivity contribution in [1.29, 1.82) is 0 Å². The normalized spacial score (nSPS) is 12.1. The summed E-state index contributed by atoms with van der Waals surface area (Å²) in [6.07, 6.45) is -0.00117. The van der Waals surface area contributed by atoms with Gasteiger partial charge in [0.25, 0.3) is 5.88 Å². The van der Waals surface area contributed by atoms with Crippen molar-refractivity contribution in [3.63, 3.8) is 0 Å². The average molecular weight is 517 g/mol. The minimum atomic E-state index is -1.22. The Morgan fingerprint density at radius 1 is 1.27 bits per heavy atom. The van der Waals surface area contributed by atoms with E-state index in [-0.39, 0.29) is 40.9 Å². The van der Waals surface area contributed by atoms with Gasteiger partial charge in [0.05, 0.1) is 24.8 Å². The van der Waals surface area contributed by atoms with Crippen molar-refractivity contribution in [2.75, 3.05) is 19.9 Å². The van der Waals surface area contributed by atoms with Gasteiger partial charge in [0.2, 0.25) is 0 Å². The molecule has 0 spiro atoms. The minimum Gasteiger partial charge on any atom is -0.482 e. The summed E-state index contributed by atoms with van der Waals surface area (Å²) in [5.74, 6) is -1.28. The highest BCUT2D eigenvalue weighted by atomic mass is 19.1. The third-order valence-corrected chi connectivity index (χ3v) is 5.17. The summed E-state index contributed by atoms with van der Waals surface area (Å²) in [6.45, 7) is 6.84. The van der Waals surface area contributed by atoms with Crippen molar-refractivity contribution in [2.45, 2.75) is 45.9 Å².